The number of rotatable bonds is 4. The van der Waals surface area contributed by atoms with Crippen LogP contribution in [0.25, 0.3) is 6.08 Å². The summed E-state index contributed by atoms with van der Waals surface area (Å²) >= 11 is 0. The summed E-state index contributed by atoms with van der Waals surface area (Å²) in [5.74, 6) is -0.282. The largest absolute Gasteiger partial charge is 0.278 e. The molecule has 0 aromatic heterocycles. The molecule has 0 aliphatic heterocycles. The number of hydrogen-bond donors (Lipinski definition) is 1. The molecule has 0 radical (unpaired) electrons. The quantitative estimate of drug-likeness (QED) is 0.635. The van der Waals surface area contributed by atoms with Gasteiger partial charge >= 0.3 is 0 Å². The minimum atomic E-state index is -0.282. The average molecular weight is 240 g/mol. The van der Waals surface area contributed by atoms with Crippen LogP contribution >= 0.6 is 0 Å². The van der Waals surface area contributed by atoms with Gasteiger partial charge in [-0.15, -0.1) is 0 Å². The lowest BCUT2D eigenvalue weighted by molar-refractivity contribution is 0.628. The molecular weight excluding hydrogens is 227 g/mol. The third-order valence-corrected chi connectivity index (χ3v) is 2.27. The van der Waals surface area contributed by atoms with Gasteiger partial charge in [-0.1, -0.05) is 42.5 Å². The van der Waals surface area contributed by atoms with E-state index in [2.05, 4.69) is 10.5 Å². The second-order valence-electron chi connectivity index (χ2n) is 3.67. The molecule has 18 heavy (non-hydrogen) atoms. The number of nitrogens with one attached hydrogen (secondary N) is 1. The summed E-state index contributed by atoms with van der Waals surface area (Å²) in [7, 11) is 0. The Morgan fingerprint density at radius 2 is 1.83 bits per heavy atom. The summed E-state index contributed by atoms with van der Waals surface area (Å²) in [6, 6.07) is 16.1. The molecule has 0 spiro atoms. The molecule has 1 N–H and O–H groups in total. The molecule has 0 saturated heterocycles. The molecule has 3 heteroatoms. The number of benzene rings is 2. The number of nitrogens with zero attached hydrogens (tertiary/aromatic N) is 1. The molecule has 0 heterocycles. The Morgan fingerprint density at radius 3 is 2.61 bits per heavy atom. The Bertz CT molecular complexity index is 547. The number of anilines is 1. The number of halogens is 1. The standard InChI is InChI=1S/C15H13FN2/c16-14-9-4-10-15(12-14)18-17-11-5-8-13-6-2-1-3-7-13/h1-12,18H. The van der Waals surface area contributed by atoms with Crippen LogP contribution in [-0.2, 0) is 0 Å². The van der Waals surface area contributed by atoms with E-state index in [4.69, 9.17) is 0 Å². The molecule has 0 amide bonds. The van der Waals surface area contributed by atoms with Gasteiger partial charge in [0.25, 0.3) is 0 Å². The SMILES string of the molecule is Fc1cccc(NN=CC=Cc2ccccc2)c1. The monoisotopic (exact) mass is 240 g/mol. The highest BCUT2D eigenvalue weighted by molar-refractivity contribution is 5.78. The van der Waals surface area contributed by atoms with Gasteiger partial charge in [0.05, 0.1) is 5.69 Å². The smallest absolute Gasteiger partial charge is 0.125 e. The van der Waals surface area contributed by atoms with Crippen molar-refractivity contribution < 1.29 is 4.39 Å². The molecule has 0 saturated carbocycles. The highest BCUT2D eigenvalue weighted by atomic mass is 19.1. The van der Waals surface area contributed by atoms with E-state index in [1.807, 2.05) is 42.5 Å². The Balaban J connectivity index is 1.87. The molecule has 2 aromatic rings. The maximum Gasteiger partial charge on any atom is 0.125 e. The van der Waals surface area contributed by atoms with Gasteiger partial charge in [0.2, 0.25) is 0 Å². The van der Waals surface area contributed by atoms with Gasteiger partial charge in [-0.05, 0) is 29.8 Å². The van der Waals surface area contributed by atoms with Crippen molar-refractivity contribution in [2.75, 3.05) is 5.43 Å². The van der Waals surface area contributed by atoms with Gasteiger partial charge in [0.15, 0.2) is 0 Å². The highest BCUT2D eigenvalue weighted by Crippen LogP contribution is 2.08. The fourth-order valence-electron chi connectivity index (χ4n) is 1.43. The first-order chi connectivity index (χ1) is 8.84. The molecule has 2 aromatic carbocycles. The molecule has 90 valence electrons. The minimum Gasteiger partial charge on any atom is -0.278 e. The van der Waals surface area contributed by atoms with Crippen LogP contribution in [0, 0.1) is 5.82 Å². The predicted molar refractivity (Wildman–Crippen MR) is 74.0 cm³/mol. The van der Waals surface area contributed by atoms with E-state index in [-0.39, 0.29) is 5.82 Å². The van der Waals surface area contributed by atoms with Crippen LogP contribution in [0.15, 0.2) is 65.8 Å². The molecule has 0 aliphatic carbocycles. The van der Waals surface area contributed by atoms with Crippen LogP contribution in [0.3, 0.4) is 0 Å². The average Bonchev–Trinajstić information content (AvgIpc) is 2.40. The molecule has 2 nitrogen and oxygen atoms in total. The maximum absolute atomic E-state index is 12.9. The zero-order valence-electron chi connectivity index (χ0n) is 9.75. The number of allylic oxidation sites excluding steroid dienone is 1. The second kappa shape index (κ2) is 6.35. The fraction of sp³-hybridized carbons (Fsp3) is 0. The van der Waals surface area contributed by atoms with E-state index in [0.717, 1.165) is 5.56 Å². The van der Waals surface area contributed by atoms with Crippen LogP contribution in [0.4, 0.5) is 10.1 Å². The van der Waals surface area contributed by atoms with Gasteiger partial charge in [-0.2, -0.15) is 5.10 Å². The molecule has 0 unspecified atom stereocenters. The lowest BCUT2D eigenvalue weighted by Gasteiger charge is -1.98. The van der Waals surface area contributed by atoms with Crippen molar-refractivity contribution in [2.45, 2.75) is 0 Å². The van der Waals surface area contributed by atoms with E-state index in [1.54, 1.807) is 18.3 Å². The van der Waals surface area contributed by atoms with Gasteiger partial charge < -0.3 is 0 Å². The van der Waals surface area contributed by atoms with Crippen molar-refractivity contribution >= 4 is 18.0 Å². The van der Waals surface area contributed by atoms with Gasteiger partial charge in [-0.25, -0.2) is 4.39 Å². The molecule has 0 aliphatic rings. The van der Waals surface area contributed by atoms with Crippen molar-refractivity contribution in [2.24, 2.45) is 5.10 Å². The van der Waals surface area contributed by atoms with E-state index >= 15 is 0 Å². The van der Waals surface area contributed by atoms with Crippen molar-refractivity contribution in [3.8, 4) is 0 Å². The summed E-state index contributed by atoms with van der Waals surface area (Å²) in [6.07, 6.45) is 5.39. The van der Waals surface area contributed by atoms with Gasteiger partial charge in [0, 0.05) is 6.21 Å². The zero-order chi connectivity index (χ0) is 12.6. The van der Waals surface area contributed by atoms with E-state index in [9.17, 15) is 4.39 Å². The Morgan fingerprint density at radius 1 is 1.00 bits per heavy atom. The molecule has 0 bridgehead atoms. The number of hydrogen-bond acceptors (Lipinski definition) is 2. The van der Waals surface area contributed by atoms with Gasteiger partial charge in [-0.3, -0.25) is 5.43 Å². The third-order valence-electron chi connectivity index (χ3n) is 2.27. The molecular formula is C15H13FN2. The van der Waals surface area contributed by atoms with Crippen molar-refractivity contribution in [3.63, 3.8) is 0 Å². The summed E-state index contributed by atoms with van der Waals surface area (Å²) in [4.78, 5) is 0. The van der Waals surface area contributed by atoms with Crippen molar-refractivity contribution in [1.29, 1.82) is 0 Å². The van der Waals surface area contributed by atoms with Crippen molar-refractivity contribution in [1.82, 2.24) is 0 Å². The summed E-state index contributed by atoms with van der Waals surface area (Å²) in [5.41, 5.74) is 4.48. The Kier molecular flexibility index (Phi) is 4.25. The normalized spacial score (nSPS) is 11.2. The second-order valence-corrected chi connectivity index (χ2v) is 3.67. The first-order valence-electron chi connectivity index (χ1n) is 5.61. The molecule has 0 fully saturated rings. The first-order valence-corrected chi connectivity index (χ1v) is 5.61. The topological polar surface area (TPSA) is 24.4 Å². The first kappa shape index (κ1) is 12.0. The van der Waals surface area contributed by atoms with Crippen LogP contribution < -0.4 is 5.43 Å². The third kappa shape index (κ3) is 3.87. The van der Waals surface area contributed by atoms with E-state index in [0.29, 0.717) is 5.69 Å². The fourth-order valence-corrected chi connectivity index (χ4v) is 1.43. The van der Waals surface area contributed by atoms with Crippen LogP contribution in [-0.4, -0.2) is 6.21 Å². The number of hydrazone groups is 1. The predicted octanol–water partition coefficient (Wildman–Crippen LogP) is 3.94. The van der Waals surface area contributed by atoms with Crippen LogP contribution in [0.1, 0.15) is 5.56 Å². The zero-order valence-corrected chi connectivity index (χ0v) is 9.75. The van der Waals surface area contributed by atoms with Crippen LogP contribution in [0.5, 0.6) is 0 Å². The summed E-state index contributed by atoms with van der Waals surface area (Å²) in [5, 5.41) is 3.97. The van der Waals surface area contributed by atoms with Gasteiger partial charge in [0.1, 0.15) is 5.82 Å². The Labute approximate surface area is 105 Å². The maximum atomic E-state index is 12.9. The minimum absolute atomic E-state index is 0.282. The summed E-state index contributed by atoms with van der Waals surface area (Å²) < 4.78 is 12.9. The van der Waals surface area contributed by atoms with Crippen LogP contribution in [0.2, 0.25) is 0 Å². The van der Waals surface area contributed by atoms with E-state index in [1.165, 1.54) is 12.1 Å². The lowest BCUT2D eigenvalue weighted by Crippen LogP contribution is -1.88. The van der Waals surface area contributed by atoms with Crippen molar-refractivity contribution in [3.05, 3.63) is 72.1 Å². The molecule has 0 atom stereocenters. The lowest BCUT2D eigenvalue weighted by atomic mass is 10.2. The Hall–Kier alpha value is -2.42. The van der Waals surface area contributed by atoms with E-state index < -0.39 is 0 Å². The summed E-state index contributed by atoms with van der Waals surface area (Å²) in [6.45, 7) is 0. The highest BCUT2D eigenvalue weighted by Gasteiger charge is 1.90. The molecule has 2 rings (SSSR count).